The van der Waals surface area contributed by atoms with E-state index in [0.29, 0.717) is 24.0 Å². The lowest BCUT2D eigenvalue weighted by Gasteiger charge is -2.34. The maximum atomic E-state index is 12.8. The van der Waals surface area contributed by atoms with Gasteiger partial charge in [0, 0.05) is 45.2 Å². The highest BCUT2D eigenvalue weighted by Crippen LogP contribution is 2.40. The summed E-state index contributed by atoms with van der Waals surface area (Å²) < 4.78 is 6.26. The Morgan fingerprint density at radius 1 is 0.718 bits per heavy atom. The number of hydroxylamine groups is 1. The maximum absolute atomic E-state index is 12.8. The van der Waals surface area contributed by atoms with Crippen LogP contribution in [0.2, 0.25) is 0 Å². The van der Waals surface area contributed by atoms with Crippen LogP contribution in [0.3, 0.4) is 0 Å². The summed E-state index contributed by atoms with van der Waals surface area (Å²) in [7, 11) is 5.12. The first-order valence-corrected chi connectivity index (χ1v) is 13.3. The topological polar surface area (TPSA) is 95.9 Å². The standard InChI is InChI=1S/C32H38N2O5/c1-34(2)31(37)25-18-22-28(23-19-25)32(39-3,26-12-8-7-9-13-26)27-20-16-24(17-21-27)29(35)14-10-5-4-6-11-15-30(36)33-38/h7-9,12-13,16-23,38H,4-6,10-11,14-15H2,1-3H3,(H,33,36). The predicted octanol–water partition coefficient (Wildman–Crippen LogP) is 5.75. The van der Waals surface area contributed by atoms with Gasteiger partial charge in [-0.1, -0.05) is 86.0 Å². The number of carbonyl (C=O) groups is 3. The van der Waals surface area contributed by atoms with Gasteiger partial charge in [0.25, 0.3) is 5.91 Å². The fourth-order valence-corrected chi connectivity index (χ4v) is 4.82. The maximum Gasteiger partial charge on any atom is 0.253 e. The number of methoxy groups -OCH3 is 1. The number of hydrogen-bond donors (Lipinski definition) is 2. The number of ketones is 1. The predicted molar refractivity (Wildman–Crippen MR) is 151 cm³/mol. The zero-order chi connectivity index (χ0) is 28.3. The number of nitrogens with zero attached hydrogens (tertiary/aromatic N) is 1. The van der Waals surface area contributed by atoms with Crippen LogP contribution >= 0.6 is 0 Å². The summed E-state index contributed by atoms with van der Waals surface area (Å²) in [6.45, 7) is 0. The summed E-state index contributed by atoms with van der Waals surface area (Å²) in [6, 6.07) is 25.0. The molecule has 0 aromatic heterocycles. The minimum absolute atomic E-state index is 0.0683. The zero-order valence-electron chi connectivity index (χ0n) is 23.0. The number of carbonyl (C=O) groups excluding carboxylic acids is 3. The second kappa shape index (κ2) is 14.4. The molecule has 0 saturated carbocycles. The summed E-state index contributed by atoms with van der Waals surface area (Å²) in [5.41, 5.74) is 4.67. The van der Waals surface area contributed by atoms with Crippen molar-refractivity contribution in [1.29, 1.82) is 0 Å². The van der Waals surface area contributed by atoms with Crippen molar-refractivity contribution in [2.45, 2.75) is 50.5 Å². The Morgan fingerprint density at radius 3 is 1.72 bits per heavy atom. The number of nitrogens with one attached hydrogen (secondary N) is 1. The lowest BCUT2D eigenvalue weighted by molar-refractivity contribution is -0.129. The average molecular weight is 531 g/mol. The highest BCUT2D eigenvalue weighted by atomic mass is 16.5. The van der Waals surface area contributed by atoms with Crippen LogP contribution in [0.1, 0.15) is 82.4 Å². The van der Waals surface area contributed by atoms with E-state index in [0.717, 1.165) is 48.8 Å². The normalized spacial score (nSPS) is 12.4. The molecule has 206 valence electrons. The number of ether oxygens (including phenoxy) is 1. The van der Waals surface area contributed by atoms with E-state index in [-0.39, 0.29) is 17.6 Å². The van der Waals surface area contributed by atoms with Crippen molar-refractivity contribution < 1.29 is 24.3 Å². The zero-order valence-corrected chi connectivity index (χ0v) is 23.0. The highest BCUT2D eigenvalue weighted by molar-refractivity contribution is 5.96. The molecule has 2 N–H and O–H groups in total. The Kier molecular flexibility index (Phi) is 11.0. The first-order valence-electron chi connectivity index (χ1n) is 13.3. The van der Waals surface area contributed by atoms with Gasteiger partial charge in [0.05, 0.1) is 0 Å². The monoisotopic (exact) mass is 530 g/mol. The Bertz CT molecular complexity index is 1220. The number of unbranched alkanes of at least 4 members (excludes halogenated alkanes) is 4. The van der Waals surface area contributed by atoms with E-state index in [1.54, 1.807) is 31.6 Å². The Labute approximate surface area is 230 Å². The molecule has 3 rings (SSSR count). The van der Waals surface area contributed by atoms with Gasteiger partial charge < -0.3 is 9.64 Å². The fraction of sp³-hybridized carbons (Fsp3) is 0.344. The summed E-state index contributed by atoms with van der Waals surface area (Å²) in [4.78, 5) is 37.9. The van der Waals surface area contributed by atoms with E-state index in [2.05, 4.69) is 0 Å². The molecule has 0 radical (unpaired) electrons. The average Bonchev–Trinajstić information content (AvgIpc) is 2.97. The summed E-state index contributed by atoms with van der Waals surface area (Å²) in [5.74, 6) is -0.341. The first-order chi connectivity index (χ1) is 18.8. The molecule has 2 amide bonds. The number of amides is 2. The molecule has 0 saturated heterocycles. The van der Waals surface area contributed by atoms with Crippen molar-refractivity contribution in [3.63, 3.8) is 0 Å². The van der Waals surface area contributed by atoms with Gasteiger partial charge in [-0.3, -0.25) is 19.6 Å². The molecule has 3 aromatic carbocycles. The van der Waals surface area contributed by atoms with E-state index in [9.17, 15) is 14.4 Å². The van der Waals surface area contributed by atoms with E-state index in [1.807, 2.05) is 78.9 Å². The van der Waals surface area contributed by atoms with Crippen LogP contribution in [0, 0.1) is 0 Å². The van der Waals surface area contributed by atoms with Gasteiger partial charge >= 0.3 is 0 Å². The van der Waals surface area contributed by atoms with Crippen molar-refractivity contribution >= 4 is 17.6 Å². The minimum atomic E-state index is -0.921. The molecule has 39 heavy (non-hydrogen) atoms. The molecule has 0 heterocycles. The van der Waals surface area contributed by atoms with Gasteiger partial charge in [0.1, 0.15) is 5.60 Å². The van der Waals surface area contributed by atoms with Crippen molar-refractivity contribution in [3.05, 3.63) is 107 Å². The number of benzene rings is 3. The van der Waals surface area contributed by atoms with Crippen LogP contribution in [0.5, 0.6) is 0 Å². The van der Waals surface area contributed by atoms with Crippen LogP contribution in [0.25, 0.3) is 0 Å². The van der Waals surface area contributed by atoms with Gasteiger partial charge in [0.2, 0.25) is 5.91 Å². The summed E-state index contributed by atoms with van der Waals surface area (Å²) >= 11 is 0. The molecule has 1 unspecified atom stereocenters. The first kappa shape index (κ1) is 29.7. The third-order valence-corrected chi connectivity index (χ3v) is 6.98. The third-order valence-electron chi connectivity index (χ3n) is 6.98. The van der Waals surface area contributed by atoms with E-state index in [1.165, 1.54) is 0 Å². The van der Waals surface area contributed by atoms with E-state index >= 15 is 0 Å². The minimum Gasteiger partial charge on any atom is -0.364 e. The molecule has 0 spiro atoms. The van der Waals surface area contributed by atoms with Crippen molar-refractivity contribution in [1.82, 2.24) is 10.4 Å². The third kappa shape index (κ3) is 7.40. The summed E-state index contributed by atoms with van der Waals surface area (Å²) in [6.07, 6.45) is 5.03. The molecule has 0 fully saturated rings. The largest absolute Gasteiger partial charge is 0.364 e. The van der Waals surface area contributed by atoms with Crippen LogP contribution in [-0.4, -0.2) is 48.9 Å². The van der Waals surface area contributed by atoms with Crippen LogP contribution in [-0.2, 0) is 15.1 Å². The highest BCUT2D eigenvalue weighted by Gasteiger charge is 2.36. The van der Waals surface area contributed by atoms with E-state index < -0.39 is 5.60 Å². The number of Topliss-reactive ketones (excluding diaryl/α,β-unsaturated/α-hetero) is 1. The fourth-order valence-electron chi connectivity index (χ4n) is 4.82. The Morgan fingerprint density at radius 2 is 1.21 bits per heavy atom. The van der Waals surface area contributed by atoms with Crippen molar-refractivity contribution in [3.8, 4) is 0 Å². The van der Waals surface area contributed by atoms with Gasteiger partial charge in [-0.25, -0.2) is 5.48 Å². The molecule has 7 heteroatoms. The number of hydrogen-bond acceptors (Lipinski definition) is 5. The second-order valence-corrected chi connectivity index (χ2v) is 9.83. The van der Waals surface area contributed by atoms with Crippen LogP contribution < -0.4 is 5.48 Å². The molecular weight excluding hydrogens is 492 g/mol. The SMILES string of the molecule is COC(c1ccccc1)(c1ccc(C(=O)CCCCCCCC(=O)NO)cc1)c1ccc(C(=O)N(C)C)cc1. The van der Waals surface area contributed by atoms with E-state index in [4.69, 9.17) is 9.94 Å². The smallest absolute Gasteiger partial charge is 0.253 e. The van der Waals surface area contributed by atoms with Gasteiger partial charge in [-0.2, -0.15) is 0 Å². The summed E-state index contributed by atoms with van der Waals surface area (Å²) in [5, 5.41) is 8.52. The second-order valence-electron chi connectivity index (χ2n) is 9.83. The van der Waals surface area contributed by atoms with Crippen LogP contribution in [0.15, 0.2) is 78.9 Å². The molecule has 7 nitrogen and oxygen atoms in total. The molecular formula is C32H38N2O5. The molecule has 0 aliphatic rings. The van der Waals surface area contributed by atoms with Crippen molar-refractivity contribution in [2.24, 2.45) is 0 Å². The van der Waals surface area contributed by atoms with Crippen molar-refractivity contribution in [2.75, 3.05) is 21.2 Å². The Hall–Kier alpha value is -3.81. The molecule has 0 aliphatic heterocycles. The quantitative estimate of drug-likeness (QED) is 0.0910. The lowest BCUT2D eigenvalue weighted by atomic mass is 9.79. The van der Waals surface area contributed by atoms with Crippen LogP contribution in [0.4, 0.5) is 0 Å². The van der Waals surface area contributed by atoms with Gasteiger partial charge in [-0.05, 0) is 41.7 Å². The lowest BCUT2D eigenvalue weighted by Crippen LogP contribution is -2.32. The molecule has 0 aliphatic carbocycles. The molecule has 1 atom stereocenters. The van der Waals surface area contributed by atoms with Gasteiger partial charge in [-0.15, -0.1) is 0 Å². The molecule has 0 bridgehead atoms. The van der Waals surface area contributed by atoms with Gasteiger partial charge in [0.15, 0.2) is 5.78 Å². The molecule has 3 aromatic rings. The number of rotatable bonds is 14. The Balaban J connectivity index is 1.76.